The summed E-state index contributed by atoms with van der Waals surface area (Å²) < 4.78 is 68.8. The molecule has 1 aromatic rings. The second kappa shape index (κ2) is 9.11. The van der Waals surface area contributed by atoms with Crippen molar-refractivity contribution >= 4 is 0 Å². The van der Waals surface area contributed by atoms with E-state index < -0.39 is 23.7 Å². The predicted molar refractivity (Wildman–Crippen MR) is 110 cm³/mol. The van der Waals surface area contributed by atoms with Crippen molar-refractivity contribution in [2.45, 2.75) is 76.5 Å². The van der Waals surface area contributed by atoms with Gasteiger partial charge >= 0.3 is 6.36 Å². The Morgan fingerprint density at radius 3 is 1.87 bits per heavy atom. The Bertz CT molecular complexity index is 758. The molecule has 31 heavy (non-hydrogen) atoms. The molecular weight excluding hydrogens is 411 g/mol. The van der Waals surface area contributed by atoms with Gasteiger partial charge in [-0.05, 0) is 117 Å². The number of hydrogen-bond donors (Lipinski definition) is 0. The highest BCUT2D eigenvalue weighted by Crippen LogP contribution is 2.50. The van der Waals surface area contributed by atoms with Gasteiger partial charge in [-0.3, -0.25) is 0 Å². The number of halogens is 5. The molecule has 0 aliphatic heterocycles. The number of ether oxygens (including phenoxy) is 1. The summed E-state index contributed by atoms with van der Waals surface area (Å²) >= 11 is 0. The molecule has 0 radical (unpaired) electrons. The molecule has 0 bridgehead atoms. The maximum atomic E-state index is 14.1. The normalized spacial score (nSPS) is 34.1. The Morgan fingerprint density at radius 1 is 0.774 bits per heavy atom. The average Bonchev–Trinajstić information content (AvgIpc) is 2.75. The fourth-order valence-corrected chi connectivity index (χ4v) is 6.56. The largest absolute Gasteiger partial charge is 0.573 e. The molecule has 1 nitrogen and oxygen atoms in total. The molecule has 0 N–H and O–H groups in total. The number of hydrogen-bond acceptors (Lipinski definition) is 1. The van der Waals surface area contributed by atoms with Crippen LogP contribution in [0.4, 0.5) is 22.0 Å². The summed E-state index contributed by atoms with van der Waals surface area (Å²) in [7, 11) is 0. The molecule has 172 valence electrons. The van der Waals surface area contributed by atoms with E-state index >= 15 is 0 Å². The Hall–Kier alpha value is -1.59. The van der Waals surface area contributed by atoms with Crippen LogP contribution in [0.5, 0.6) is 5.75 Å². The van der Waals surface area contributed by atoms with Gasteiger partial charge < -0.3 is 4.74 Å². The highest BCUT2D eigenvalue weighted by molar-refractivity contribution is 5.33. The quantitative estimate of drug-likeness (QED) is 0.338. The van der Waals surface area contributed by atoms with Gasteiger partial charge in [0.2, 0.25) is 5.75 Å². The van der Waals surface area contributed by atoms with Crippen molar-refractivity contribution in [2.24, 2.45) is 29.6 Å². The van der Waals surface area contributed by atoms with Crippen LogP contribution in [0.15, 0.2) is 24.8 Å². The molecule has 0 saturated heterocycles. The molecule has 0 spiro atoms. The lowest BCUT2D eigenvalue weighted by Crippen LogP contribution is -2.34. The SMILES string of the molecule is C=CC1CCC2CC(C3CCC(c4cc(F)c(OC(F)(F)F)c(F)c4)CC3)CCC2C1. The van der Waals surface area contributed by atoms with Crippen molar-refractivity contribution in [3.05, 3.63) is 42.0 Å². The lowest BCUT2D eigenvalue weighted by molar-refractivity contribution is -0.276. The highest BCUT2D eigenvalue weighted by Gasteiger charge is 2.39. The summed E-state index contributed by atoms with van der Waals surface area (Å²) in [6, 6.07) is 2.02. The summed E-state index contributed by atoms with van der Waals surface area (Å²) in [5.74, 6) is -0.222. The molecule has 0 aromatic heterocycles. The maximum Gasteiger partial charge on any atom is 0.573 e. The van der Waals surface area contributed by atoms with E-state index in [9.17, 15) is 22.0 Å². The van der Waals surface area contributed by atoms with Crippen molar-refractivity contribution in [3.8, 4) is 5.75 Å². The molecule has 4 unspecified atom stereocenters. The zero-order valence-corrected chi connectivity index (χ0v) is 17.8. The van der Waals surface area contributed by atoms with E-state index in [0.717, 1.165) is 55.6 Å². The summed E-state index contributed by atoms with van der Waals surface area (Å²) in [5, 5.41) is 0. The predicted octanol–water partition coefficient (Wildman–Crippen LogP) is 8.16. The first-order valence-corrected chi connectivity index (χ1v) is 11.6. The van der Waals surface area contributed by atoms with Crippen LogP contribution >= 0.6 is 0 Å². The van der Waals surface area contributed by atoms with E-state index in [4.69, 9.17) is 0 Å². The smallest absolute Gasteiger partial charge is 0.399 e. The lowest BCUT2D eigenvalue weighted by Gasteiger charge is -2.45. The van der Waals surface area contributed by atoms with Gasteiger partial charge in [-0.15, -0.1) is 19.8 Å². The highest BCUT2D eigenvalue weighted by atomic mass is 19.4. The van der Waals surface area contributed by atoms with Crippen molar-refractivity contribution < 1.29 is 26.7 Å². The average molecular weight is 443 g/mol. The van der Waals surface area contributed by atoms with E-state index in [1.807, 2.05) is 0 Å². The summed E-state index contributed by atoms with van der Waals surface area (Å²) in [4.78, 5) is 0. The van der Waals surface area contributed by atoms with Gasteiger partial charge in [-0.1, -0.05) is 6.08 Å². The van der Waals surface area contributed by atoms with Crippen molar-refractivity contribution in [1.82, 2.24) is 0 Å². The van der Waals surface area contributed by atoms with Crippen molar-refractivity contribution in [1.29, 1.82) is 0 Å². The van der Waals surface area contributed by atoms with Gasteiger partial charge in [-0.2, -0.15) is 0 Å². The van der Waals surface area contributed by atoms with E-state index in [0.29, 0.717) is 17.4 Å². The minimum atomic E-state index is -5.12. The Morgan fingerprint density at radius 2 is 1.29 bits per heavy atom. The zero-order chi connectivity index (χ0) is 22.2. The summed E-state index contributed by atoms with van der Waals surface area (Å²) in [6.45, 7) is 3.97. The minimum Gasteiger partial charge on any atom is -0.399 e. The molecule has 4 rings (SSSR count). The number of allylic oxidation sites excluding steroid dienone is 1. The van der Waals surface area contributed by atoms with E-state index in [1.54, 1.807) is 0 Å². The first-order chi connectivity index (χ1) is 14.7. The molecule has 1 aromatic carbocycles. The molecule has 6 heteroatoms. The lowest BCUT2D eigenvalue weighted by atomic mass is 9.61. The van der Waals surface area contributed by atoms with E-state index in [2.05, 4.69) is 17.4 Å². The van der Waals surface area contributed by atoms with Gasteiger partial charge in [0.15, 0.2) is 11.6 Å². The van der Waals surface area contributed by atoms with Crippen LogP contribution in [0.25, 0.3) is 0 Å². The van der Waals surface area contributed by atoms with E-state index in [1.165, 1.54) is 38.5 Å². The standard InChI is InChI=1S/C25H31F5O/c1-2-15-3-4-20-12-19(10-9-18(20)11-15)16-5-7-17(8-6-16)21-13-22(26)24(23(27)14-21)31-25(28,29)30/h2,13-20H,1,3-12H2. The van der Waals surface area contributed by atoms with Gasteiger partial charge in [-0.25, -0.2) is 8.78 Å². The molecule has 0 heterocycles. The third-order valence-corrected chi connectivity index (χ3v) is 8.18. The fraction of sp³-hybridized carbons (Fsp3) is 0.680. The van der Waals surface area contributed by atoms with Gasteiger partial charge in [0, 0.05) is 0 Å². The fourth-order valence-electron chi connectivity index (χ4n) is 6.56. The molecule has 3 aliphatic carbocycles. The van der Waals surface area contributed by atoms with Crippen molar-refractivity contribution in [3.63, 3.8) is 0 Å². The third-order valence-electron chi connectivity index (χ3n) is 8.18. The number of fused-ring (bicyclic) bond motifs is 1. The first kappa shape index (κ1) is 22.6. The number of rotatable bonds is 4. The minimum absolute atomic E-state index is 0.0143. The number of benzene rings is 1. The second-order valence-corrected chi connectivity index (χ2v) is 9.88. The second-order valence-electron chi connectivity index (χ2n) is 9.88. The molecule has 0 amide bonds. The molecule has 4 atom stereocenters. The van der Waals surface area contributed by atoms with Crippen LogP contribution < -0.4 is 4.74 Å². The summed E-state index contributed by atoms with van der Waals surface area (Å²) in [5.41, 5.74) is 0.439. The third kappa shape index (κ3) is 5.25. The number of alkyl halides is 3. The Balaban J connectivity index is 1.33. The van der Waals surface area contributed by atoms with Crippen molar-refractivity contribution in [2.75, 3.05) is 0 Å². The van der Waals surface area contributed by atoms with Gasteiger partial charge in [0.25, 0.3) is 0 Å². The Labute approximate surface area is 181 Å². The van der Waals surface area contributed by atoms with Crippen LogP contribution in [0.2, 0.25) is 0 Å². The van der Waals surface area contributed by atoms with Crippen LogP contribution in [0.3, 0.4) is 0 Å². The molecular formula is C25H31F5O. The Kier molecular flexibility index (Phi) is 6.64. The summed E-state index contributed by atoms with van der Waals surface area (Å²) in [6.07, 6.45) is 8.42. The molecule has 3 fully saturated rings. The monoisotopic (exact) mass is 442 g/mol. The topological polar surface area (TPSA) is 9.23 Å². The molecule has 3 aliphatic rings. The van der Waals surface area contributed by atoms with E-state index in [-0.39, 0.29) is 5.92 Å². The maximum absolute atomic E-state index is 14.1. The van der Waals surface area contributed by atoms with Crippen LogP contribution in [0, 0.1) is 41.2 Å². The first-order valence-electron chi connectivity index (χ1n) is 11.6. The zero-order valence-electron chi connectivity index (χ0n) is 17.8. The van der Waals surface area contributed by atoms with Crippen LogP contribution in [0.1, 0.15) is 75.7 Å². The van der Waals surface area contributed by atoms with Gasteiger partial charge in [0.1, 0.15) is 0 Å². The molecule has 3 saturated carbocycles. The van der Waals surface area contributed by atoms with Crippen LogP contribution in [-0.4, -0.2) is 6.36 Å². The van der Waals surface area contributed by atoms with Crippen LogP contribution in [-0.2, 0) is 0 Å². The van der Waals surface area contributed by atoms with Gasteiger partial charge in [0.05, 0.1) is 0 Å².